The maximum atomic E-state index is 12.8. The number of carbonyl (C=O) groups excluding carboxylic acids is 1. The molecule has 11 heteroatoms. The summed E-state index contributed by atoms with van der Waals surface area (Å²) in [6.45, 7) is 4.42. The van der Waals surface area contributed by atoms with Crippen molar-refractivity contribution in [1.29, 1.82) is 0 Å². The zero-order valence-corrected chi connectivity index (χ0v) is 23.0. The normalized spacial score (nSPS) is 14.0. The Bertz CT molecular complexity index is 1450. The van der Waals surface area contributed by atoms with Crippen LogP contribution in [0.1, 0.15) is 35.2 Å². The number of nitrogens with zero attached hydrogens (tertiary/aromatic N) is 4. The summed E-state index contributed by atoms with van der Waals surface area (Å²) in [5, 5.41) is 6.34. The van der Waals surface area contributed by atoms with E-state index in [4.69, 9.17) is 4.74 Å². The lowest BCUT2D eigenvalue weighted by Crippen LogP contribution is -2.36. The van der Waals surface area contributed by atoms with Crippen molar-refractivity contribution in [3.63, 3.8) is 0 Å². The van der Waals surface area contributed by atoms with Crippen LogP contribution >= 0.6 is 0 Å². The molecule has 0 bridgehead atoms. The van der Waals surface area contributed by atoms with Gasteiger partial charge in [0.1, 0.15) is 5.75 Å². The lowest BCUT2D eigenvalue weighted by molar-refractivity contribution is -0.0498. The van der Waals surface area contributed by atoms with Crippen LogP contribution in [0.15, 0.2) is 61.1 Å². The summed E-state index contributed by atoms with van der Waals surface area (Å²) in [5.74, 6) is 0.559. The number of hydrogen-bond donors (Lipinski definition) is 2. The minimum Gasteiger partial charge on any atom is -0.435 e. The zero-order chi connectivity index (χ0) is 28.6. The summed E-state index contributed by atoms with van der Waals surface area (Å²) in [7, 11) is 0. The Morgan fingerprint density at radius 2 is 1.88 bits per heavy atom. The Morgan fingerprint density at radius 3 is 2.63 bits per heavy atom. The average molecular weight is 565 g/mol. The average Bonchev–Trinajstić information content (AvgIpc) is 3.41. The van der Waals surface area contributed by atoms with Crippen molar-refractivity contribution >= 4 is 23.1 Å². The van der Waals surface area contributed by atoms with Crippen LogP contribution in [0.2, 0.25) is 0 Å². The number of nitrogens with one attached hydrogen (secondary N) is 2. The molecule has 5 rings (SSSR count). The van der Waals surface area contributed by atoms with E-state index in [-0.39, 0.29) is 11.7 Å². The second kappa shape index (κ2) is 13.5. The van der Waals surface area contributed by atoms with Crippen LogP contribution in [0.4, 0.5) is 20.3 Å². The molecule has 1 fully saturated rings. The van der Waals surface area contributed by atoms with Crippen LogP contribution in [0.5, 0.6) is 5.75 Å². The van der Waals surface area contributed by atoms with E-state index in [0.29, 0.717) is 23.6 Å². The number of aryl methyl sites for hydroxylation is 1. The van der Waals surface area contributed by atoms with Gasteiger partial charge in [-0.1, -0.05) is 6.42 Å². The molecule has 1 aliphatic heterocycles. The standard InChI is InChI=1S/C30H34F2N6O3/c1-21-19-23(7-10-25(21)29(39)34-11-3-2-4-13-37-15-17-40-18-16-37)36-27-28-35-20-26(38(28)14-12-33-27)22-5-8-24(9-6-22)41-30(31)32/h5-10,12,14,19-20,30H,2-4,11,13,15-18H2,1H3,(H,33,36)(H,34,39). The Morgan fingerprint density at radius 1 is 1.07 bits per heavy atom. The maximum Gasteiger partial charge on any atom is 0.387 e. The van der Waals surface area contributed by atoms with E-state index < -0.39 is 6.61 Å². The summed E-state index contributed by atoms with van der Waals surface area (Å²) in [6.07, 6.45) is 8.29. The minimum atomic E-state index is -2.87. The van der Waals surface area contributed by atoms with Gasteiger partial charge < -0.3 is 20.1 Å². The van der Waals surface area contributed by atoms with Crippen LogP contribution < -0.4 is 15.4 Å². The predicted octanol–water partition coefficient (Wildman–Crippen LogP) is 5.28. The third kappa shape index (κ3) is 7.36. The fourth-order valence-corrected chi connectivity index (χ4v) is 4.92. The molecular formula is C30H34F2N6O3. The van der Waals surface area contributed by atoms with Crippen molar-refractivity contribution in [2.45, 2.75) is 32.8 Å². The number of rotatable bonds is 12. The Kier molecular flexibility index (Phi) is 9.37. The SMILES string of the molecule is Cc1cc(Nc2nccn3c(-c4ccc(OC(F)F)cc4)cnc23)ccc1C(=O)NCCCCCN1CCOCC1. The number of morpholine rings is 1. The molecule has 216 valence electrons. The van der Waals surface area contributed by atoms with Gasteiger partial charge in [0.15, 0.2) is 11.5 Å². The molecule has 0 radical (unpaired) electrons. The fourth-order valence-electron chi connectivity index (χ4n) is 4.92. The van der Waals surface area contributed by atoms with Gasteiger partial charge in [-0.2, -0.15) is 8.78 Å². The molecule has 0 spiro atoms. The summed E-state index contributed by atoms with van der Waals surface area (Å²) in [4.78, 5) is 24.2. The Balaban J connectivity index is 1.17. The predicted molar refractivity (Wildman–Crippen MR) is 153 cm³/mol. The fraction of sp³-hybridized carbons (Fsp3) is 0.367. The van der Waals surface area contributed by atoms with Gasteiger partial charge in [-0.3, -0.25) is 14.1 Å². The molecule has 9 nitrogen and oxygen atoms in total. The number of ether oxygens (including phenoxy) is 2. The molecule has 0 unspecified atom stereocenters. The molecule has 3 heterocycles. The Labute approximate surface area is 237 Å². The molecule has 1 aliphatic rings. The van der Waals surface area contributed by atoms with Gasteiger partial charge in [-0.25, -0.2) is 9.97 Å². The molecule has 0 saturated carbocycles. The van der Waals surface area contributed by atoms with Gasteiger partial charge >= 0.3 is 6.61 Å². The quantitative estimate of drug-likeness (QED) is 0.226. The first-order valence-corrected chi connectivity index (χ1v) is 13.8. The number of benzene rings is 2. The van der Waals surface area contributed by atoms with E-state index in [9.17, 15) is 13.6 Å². The first kappa shape index (κ1) is 28.4. The maximum absolute atomic E-state index is 12.8. The van der Waals surface area contributed by atoms with Crippen molar-refractivity contribution in [3.05, 3.63) is 72.2 Å². The van der Waals surface area contributed by atoms with E-state index in [1.165, 1.54) is 12.1 Å². The van der Waals surface area contributed by atoms with Crippen LogP contribution in [-0.4, -0.2) is 71.2 Å². The third-order valence-electron chi connectivity index (χ3n) is 7.08. The highest BCUT2D eigenvalue weighted by molar-refractivity contribution is 5.96. The minimum absolute atomic E-state index is 0.0784. The number of unbranched alkanes of at least 4 members (excludes halogenated alkanes) is 2. The number of carbonyl (C=O) groups is 1. The molecule has 1 amide bonds. The molecule has 4 aromatic rings. The lowest BCUT2D eigenvalue weighted by atomic mass is 10.1. The number of halogens is 2. The highest BCUT2D eigenvalue weighted by Crippen LogP contribution is 2.27. The third-order valence-corrected chi connectivity index (χ3v) is 7.08. The number of amides is 1. The number of imidazole rings is 1. The highest BCUT2D eigenvalue weighted by Gasteiger charge is 2.14. The van der Waals surface area contributed by atoms with Gasteiger partial charge in [0.2, 0.25) is 0 Å². The molecule has 0 atom stereocenters. The summed E-state index contributed by atoms with van der Waals surface area (Å²) < 4.78 is 36.6. The van der Waals surface area contributed by atoms with Crippen LogP contribution in [0, 0.1) is 6.92 Å². The molecule has 0 aliphatic carbocycles. The zero-order valence-electron chi connectivity index (χ0n) is 23.0. The highest BCUT2D eigenvalue weighted by atomic mass is 19.3. The van der Waals surface area contributed by atoms with E-state index in [1.807, 2.05) is 29.5 Å². The molecular weight excluding hydrogens is 530 g/mol. The van der Waals surface area contributed by atoms with Crippen molar-refractivity contribution in [3.8, 4) is 17.0 Å². The number of anilines is 2. The van der Waals surface area contributed by atoms with Crippen molar-refractivity contribution in [2.75, 3.05) is 44.7 Å². The molecule has 2 aromatic heterocycles. The topological polar surface area (TPSA) is 93.0 Å². The van der Waals surface area contributed by atoms with Crippen LogP contribution in [0.3, 0.4) is 0 Å². The number of hydrogen-bond acceptors (Lipinski definition) is 7. The summed E-state index contributed by atoms with van der Waals surface area (Å²) in [6, 6.07) is 12.0. The molecule has 41 heavy (non-hydrogen) atoms. The van der Waals surface area contributed by atoms with Gasteiger partial charge in [0.25, 0.3) is 5.91 Å². The van der Waals surface area contributed by atoms with E-state index in [2.05, 4.69) is 30.2 Å². The summed E-state index contributed by atoms with van der Waals surface area (Å²) in [5.41, 5.74) is 4.43. The number of aromatic nitrogens is 3. The first-order valence-electron chi connectivity index (χ1n) is 13.8. The first-order chi connectivity index (χ1) is 20.0. The van der Waals surface area contributed by atoms with Crippen molar-refractivity contribution in [1.82, 2.24) is 24.6 Å². The molecule has 1 saturated heterocycles. The van der Waals surface area contributed by atoms with E-state index in [1.54, 1.807) is 30.7 Å². The summed E-state index contributed by atoms with van der Waals surface area (Å²) >= 11 is 0. The van der Waals surface area contributed by atoms with Crippen molar-refractivity contribution in [2.24, 2.45) is 0 Å². The lowest BCUT2D eigenvalue weighted by Gasteiger charge is -2.26. The second-order valence-corrected chi connectivity index (χ2v) is 9.94. The number of fused-ring (bicyclic) bond motifs is 1. The Hall–Kier alpha value is -4.09. The van der Waals surface area contributed by atoms with Crippen LogP contribution in [-0.2, 0) is 4.74 Å². The number of alkyl halides is 2. The van der Waals surface area contributed by atoms with Gasteiger partial charge in [0.05, 0.1) is 25.1 Å². The largest absolute Gasteiger partial charge is 0.435 e. The molecule has 2 N–H and O–H groups in total. The smallest absolute Gasteiger partial charge is 0.387 e. The monoisotopic (exact) mass is 564 g/mol. The second-order valence-electron chi connectivity index (χ2n) is 9.94. The van der Waals surface area contributed by atoms with Gasteiger partial charge in [-0.05, 0) is 74.3 Å². The van der Waals surface area contributed by atoms with Crippen LogP contribution in [0.25, 0.3) is 16.9 Å². The van der Waals surface area contributed by atoms with Gasteiger partial charge in [0, 0.05) is 48.8 Å². The van der Waals surface area contributed by atoms with Gasteiger partial charge in [-0.15, -0.1) is 0 Å². The van der Waals surface area contributed by atoms with E-state index >= 15 is 0 Å². The molecule has 2 aromatic carbocycles. The van der Waals surface area contributed by atoms with Crippen molar-refractivity contribution < 1.29 is 23.0 Å². The van der Waals surface area contributed by atoms with E-state index in [0.717, 1.165) is 74.6 Å².